The van der Waals surface area contributed by atoms with Gasteiger partial charge in [-0.2, -0.15) is 0 Å². The molecular formula is C12H11N5O2. The Hall–Kier alpha value is -2.80. The number of nitrogens with zero attached hydrogens (tertiary/aromatic N) is 1. The van der Waals surface area contributed by atoms with E-state index >= 15 is 0 Å². The summed E-state index contributed by atoms with van der Waals surface area (Å²) < 4.78 is 0. The van der Waals surface area contributed by atoms with E-state index in [0.717, 1.165) is 16.7 Å². The molecule has 0 bridgehead atoms. The summed E-state index contributed by atoms with van der Waals surface area (Å²) in [5.74, 6) is 0.396. The summed E-state index contributed by atoms with van der Waals surface area (Å²) in [6.07, 6.45) is 1.56. The smallest absolute Gasteiger partial charge is 0.290 e. The highest BCUT2D eigenvalue weighted by atomic mass is 16.3. The van der Waals surface area contributed by atoms with Gasteiger partial charge in [0.1, 0.15) is 0 Å². The van der Waals surface area contributed by atoms with E-state index in [1.807, 2.05) is 24.3 Å². The lowest BCUT2D eigenvalue weighted by Crippen LogP contribution is -2.35. The molecule has 1 aromatic carbocycles. The Bertz CT molecular complexity index is 690. The number of hydrogen-bond donors (Lipinski definition) is 5. The van der Waals surface area contributed by atoms with E-state index in [-0.39, 0.29) is 5.75 Å². The van der Waals surface area contributed by atoms with E-state index in [4.69, 9.17) is 0 Å². The second kappa shape index (κ2) is 4.46. The molecule has 96 valence electrons. The molecule has 0 saturated carbocycles. The second-order valence-corrected chi connectivity index (χ2v) is 4.00. The van der Waals surface area contributed by atoms with E-state index < -0.39 is 5.56 Å². The van der Waals surface area contributed by atoms with E-state index in [9.17, 15) is 9.90 Å². The van der Waals surface area contributed by atoms with Crippen LogP contribution in [0.3, 0.4) is 0 Å². The van der Waals surface area contributed by atoms with E-state index in [0.29, 0.717) is 5.84 Å². The molecule has 0 spiro atoms. The van der Waals surface area contributed by atoms with Crippen molar-refractivity contribution in [2.24, 2.45) is 5.10 Å². The number of pyridine rings is 1. The lowest BCUT2D eigenvalue weighted by Gasteiger charge is -2.04. The Morgan fingerprint density at radius 2 is 1.79 bits per heavy atom. The fourth-order valence-electron chi connectivity index (χ4n) is 1.79. The van der Waals surface area contributed by atoms with Crippen LogP contribution in [0.15, 0.2) is 46.4 Å². The topological polar surface area (TPSA) is 102 Å². The maximum atomic E-state index is 11.1. The van der Waals surface area contributed by atoms with Crippen LogP contribution in [0, 0.1) is 0 Å². The molecule has 0 radical (unpaired) electrons. The molecule has 0 unspecified atom stereocenters. The number of H-pyrrole nitrogens is 1. The number of aromatic amines is 1. The van der Waals surface area contributed by atoms with Gasteiger partial charge in [0.25, 0.3) is 5.56 Å². The Labute approximate surface area is 107 Å². The average molecular weight is 257 g/mol. The summed E-state index contributed by atoms with van der Waals surface area (Å²) in [6.45, 7) is 0. The van der Waals surface area contributed by atoms with Crippen LogP contribution >= 0.6 is 0 Å². The molecule has 1 aromatic heterocycles. The summed E-state index contributed by atoms with van der Waals surface area (Å²) >= 11 is 0. The monoisotopic (exact) mass is 257 g/mol. The highest BCUT2D eigenvalue weighted by Gasteiger charge is 2.08. The van der Waals surface area contributed by atoms with Gasteiger partial charge < -0.3 is 10.1 Å². The third kappa shape index (κ3) is 2.14. The Kier molecular flexibility index (Phi) is 2.66. The molecule has 7 nitrogen and oxygen atoms in total. The van der Waals surface area contributed by atoms with Gasteiger partial charge >= 0.3 is 0 Å². The number of benzene rings is 1. The Morgan fingerprint density at radius 1 is 1.05 bits per heavy atom. The zero-order valence-electron chi connectivity index (χ0n) is 9.77. The van der Waals surface area contributed by atoms with Crippen molar-refractivity contribution in [2.75, 3.05) is 0 Å². The highest BCUT2D eigenvalue weighted by molar-refractivity contribution is 5.99. The van der Waals surface area contributed by atoms with Crippen molar-refractivity contribution in [3.8, 4) is 16.9 Å². The predicted octanol–water partition coefficient (Wildman–Crippen LogP) is 0.0215. The normalized spacial score (nSPS) is 13.6. The largest absolute Gasteiger partial charge is 0.503 e. The quantitative estimate of drug-likeness (QED) is 0.522. The Morgan fingerprint density at radius 3 is 2.42 bits per heavy atom. The first kappa shape index (κ1) is 11.3. The second-order valence-electron chi connectivity index (χ2n) is 4.00. The molecule has 2 aromatic rings. The molecule has 1 aliphatic heterocycles. The number of hydrogen-bond acceptors (Lipinski definition) is 6. The molecule has 5 N–H and O–H groups in total. The summed E-state index contributed by atoms with van der Waals surface area (Å²) in [4.78, 5) is 13.6. The first-order valence-corrected chi connectivity index (χ1v) is 5.60. The fourth-order valence-corrected chi connectivity index (χ4v) is 1.79. The van der Waals surface area contributed by atoms with Gasteiger partial charge in [0.15, 0.2) is 11.6 Å². The van der Waals surface area contributed by atoms with Gasteiger partial charge in [0.2, 0.25) is 0 Å². The number of aromatic nitrogens is 1. The number of aromatic hydroxyl groups is 1. The van der Waals surface area contributed by atoms with Gasteiger partial charge in [-0.15, -0.1) is 10.6 Å². The molecular weight excluding hydrogens is 246 g/mol. The van der Waals surface area contributed by atoms with E-state index in [1.54, 1.807) is 6.20 Å². The maximum Gasteiger partial charge on any atom is 0.290 e. The average Bonchev–Trinajstić information content (AvgIpc) is 2.96. The van der Waals surface area contributed by atoms with Gasteiger partial charge in [0.05, 0.1) is 0 Å². The molecule has 3 rings (SSSR count). The van der Waals surface area contributed by atoms with Gasteiger partial charge in [-0.3, -0.25) is 10.2 Å². The molecule has 0 saturated heterocycles. The minimum Gasteiger partial charge on any atom is -0.503 e. The van der Waals surface area contributed by atoms with Crippen molar-refractivity contribution < 1.29 is 5.11 Å². The molecule has 19 heavy (non-hydrogen) atoms. The SMILES string of the molecule is O=c1[nH]cc(-c2ccc(C3=NNNN3)cc2)cc1O. The van der Waals surface area contributed by atoms with Gasteiger partial charge in [-0.1, -0.05) is 24.3 Å². The predicted molar refractivity (Wildman–Crippen MR) is 70.1 cm³/mol. The summed E-state index contributed by atoms with van der Waals surface area (Å²) in [6, 6.07) is 8.97. The first-order valence-electron chi connectivity index (χ1n) is 5.60. The summed E-state index contributed by atoms with van der Waals surface area (Å²) in [5, 5.41) is 13.4. The molecule has 1 aliphatic rings. The standard InChI is InChI=1S/C12H11N5O2/c18-10-5-9(6-13-12(10)19)7-1-3-8(4-2-7)11-14-16-17-15-11/h1-6,16-18H,(H,13,19)(H,14,15). The van der Waals surface area contributed by atoms with Crippen LogP contribution in [0.1, 0.15) is 5.56 Å². The highest BCUT2D eigenvalue weighted by Crippen LogP contribution is 2.20. The Balaban J connectivity index is 1.93. The minimum atomic E-state index is -0.498. The molecule has 7 heteroatoms. The number of rotatable bonds is 2. The molecule has 0 amide bonds. The zero-order valence-corrected chi connectivity index (χ0v) is 9.77. The lowest BCUT2D eigenvalue weighted by atomic mass is 10.1. The van der Waals surface area contributed by atoms with Gasteiger partial charge in [-0.25, -0.2) is 5.53 Å². The fraction of sp³-hybridized carbons (Fsp3) is 0. The third-order valence-corrected chi connectivity index (χ3v) is 2.78. The van der Waals surface area contributed by atoms with Crippen molar-refractivity contribution in [3.63, 3.8) is 0 Å². The van der Waals surface area contributed by atoms with E-state index in [1.165, 1.54) is 6.07 Å². The van der Waals surface area contributed by atoms with Crippen molar-refractivity contribution >= 4 is 5.84 Å². The summed E-state index contributed by atoms with van der Waals surface area (Å²) in [5.41, 5.74) is 10.1. The minimum absolute atomic E-state index is 0.295. The number of hydrazone groups is 1. The van der Waals surface area contributed by atoms with E-state index in [2.05, 4.69) is 26.6 Å². The van der Waals surface area contributed by atoms with Crippen LogP contribution < -0.4 is 22.1 Å². The van der Waals surface area contributed by atoms with Gasteiger partial charge in [-0.05, 0) is 11.6 Å². The van der Waals surface area contributed by atoms with Crippen LogP contribution in [0.25, 0.3) is 11.1 Å². The maximum absolute atomic E-state index is 11.1. The van der Waals surface area contributed by atoms with Crippen molar-refractivity contribution in [1.29, 1.82) is 0 Å². The van der Waals surface area contributed by atoms with Gasteiger partial charge in [0, 0.05) is 17.3 Å². The van der Waals surface area contributed by atoms with Crippen molar-refractivity contribution in [1.82, 2.24) is 21.5 Å². The molecule has 0 aliphatic carbocycles. The van der Waals surface area contributed by atoms with Crippen LogP contribution in [0.4, 0.5) is 0 Å². The molecule has 0 fully saturated rings. The number of hydrazine groups is 2. The number of amidine groups is 1. The van der Waals surface area contributed by atoms with Crippen LogP contribution in [0.5, 0.6) is 5.75 Å². The van der Waals surface area contributed by atoms with Crippen LogP contribution in [0.2, 0.25) is 0 Å². The van der Waals surface area contributed by atoms with Crippen molar-refractivity contribution in [2.45, 2.75) is 0 Å². The molecule has 2 heterocycles. The van der Waals surface area contributed by atoms with Crippen LogP contribution in [-0.4, -0.2) is 15.9 Å². The van der Waals surface area contributed by atoms with Crippen molar-refractivity contribution in [3.05, 3.63) is 52.4 Å². The zero-order chi connectivity index (χ0) is 13.2. The summed E-state index contributed by atoms with van der Waals surface area (Å²) in [7, 11) is 0. The molecule has 0 atom stereocenters. The van der Waals surface area contributed by atoms with Crippen LogP contribution in [-0.2, 0) is 0 Å². The lowest BCUT2D eigenvalue weighted by molar-refractivity contribution is 0.467. The number of nitrogens with one attached hydrogen (secondary N) is 4. The first-order chi connectivity index (χ1) is 9.24. The third-order valence-electron chi connectivity index (χ3n) is 2.78.